The molecule has 24 heavy (non-hydrogen) atoms. The van der Waals surface area contributed by atoms with Crippen molar-refractivity contribution in [3.05, 3.63) is 35.4 Å². The minimum absolute atomic E-state index is 0.0357. The molecule has 8 nitrogen and oxygen atoms in total. The van der Waals surface area contributed by atoms with E-state index in [1.54, 1.807) is 0 Å². The van der Waals surface area contributed by atoms with Crippen LogP contribution in [0, 0.1) is 6.92 Å². The van der Waals surface area contributed by atoms with Crippen LogP contribution in [0.3, 0.4) is 0 Å². The lowest BCUT2D eigenvalue weighted by Gasteiger charge is -2.40. The second kappa shape index (κ2) is 8.56. The predicted octanol–water partition coefficient (Wildman–Crippen LogP) is -0.378. The van der Waals surface area contributed by atoms with E-state index in [0.29, 0.717) is 6.54 Å². The Labute approximate surface area is 144 Å². The van der Waals surface area contributed by atoms with Crippen molar-refractivity contribution in [2.75, 3.05) is 6.61 Å². The Kier molecular flexibility index (Phi) is 6.72. The van der Waals surface area contributed by atoms with Gasteiger partial charge in [0, 0.05) is 0 Å². The maximum atomic E-state index is 9.89. The zero-order valence-corrected chi connectivity index (χ0v) is 13.9. The Morgan fingerprint density at radius 1 is 1.17 bits per heavy atom. The minimum atomic E-state index is -1.47. The number of aliphatic hydroxyl groups excluding tert-OH is 4. The molecule has 1 aliphatic heterocycles. The van der Waals surface area contributed by atoms with Gasteiger partial charge in [0.15, 0.2) is 6.23 Å². The molecule has 0 amide bonds. The van der Waals surface area contributed by atoms with E-state index < -0.39 is 37.3 Å². The summed E-state index contributed by atoms with van der Waals surface area (Å²) in [4.78, 5) is 0. The van der Waals surface area contributed by atoms with Crippen molar-refractivity contribution >= 4 is 17.3 Å². The maximum Gasteiger partial charge on any atom is 0.215 e. The fourth-order valence-corrected chi connectivity index (χ4v) is 2.42. The lowest BCUT2D eigenvalue weighted by molar-refractivity contribution is -0.232. The van der Waals surface area contributed by atoms with Gasteiger partial charge in [0.25, 0.3) is 0 Å². The second-order valence-corrected chi connectivity index (χ2v) is 5.97. The first-order valence-electron chi connectivity index (χ1n) is 7.46. The van der Waals surface area contributed by atoms with Gasteiger partial charge in [0.05, 0.1) is 13.2 Å². The Morgan fingerprint density at radius 3 is 2.46 bits per heavy atom. The van der Waals surface area contributed by atoms with Gasteiger partial charge in [-0.15, -0.1) is 5.11 Å². The number of thiocarbonyl (C=S) groups is 1. The number of nitrogens with one attached hydrogen (secondary N) is 1. The molecule has 0 aliphatic carbocycles. The summed E-state index contributed by atoms with van der Waals surface area (Å²) in [6.07, 6.45) is -6.42. The second-order valence-electron chi connectivity index (χ2n) is 5.58. The number of aryl methyl sites for hydroxylation is 1. The molecule has 1 heterocycles. The van der Waals surface area contributed by atoms with Gasteiger partial charge >= 0.3 is 0 Å². The van der Waals surface area contributed by atoms with Crippen LogP contribution < -0.4 is 5.32 Å². The van der Waals surface area contributed by atoms with Crippen LogP contribution in [0.4, 0.5) is 0 Å². The first kappa shape index (κ1) is 18.8. The fraction of sp³-hybridized carbons (Fsp3) is 0.533. The molecule has 0 aromatic heterocycles. The van der Waals surface area contributed by atoms with Crippen LogP contribution >= 0.6 is 12.2 Å². The molecular weight excluding hydrogens is 334 g/mol. The van der Waals surface area contributed by atoms with E-state index in [1.165, 1.54) is 0 Å². The molecular formula is C15H21N3O5S. The highest BCUT2D eigenvalue weighted by Gasteiger charge is 2.43. The first-order valence-corrected chi connectivity index (χ1v) is 7.87. The highest BCUT2D eigenvalue weighted by molar-refractivity contribution is 7.80. The molecule has 1 aliphatic rings. The van der Waals surface area contributed by atoms with E-state index >= 15 is 0 Å². The van der Waals surface area contributed by atoms with Crippen molar-refractivity contribution in [1.82, 2.24) is 5.32 Å². The number of hydrogen-bond donors (Lipinski definition) is 5. The summed E-state index contributed by atoms with van der Waals surface area (Å²) in [5.41, 5.74) is 2.12. The number of rotatable bonds is 4. The molecule has 0 radical (unpaired) electrons. The van der Waals surface area contributed by atoms with Crippen LogP contribution in [0.1, 0.15) is 11.1 Å². The van der Waals surface area contributed by atoms with E-state index in [2.05, 4.69) is 15.5 Å². The van der Waals surface area contributed by atoms with Crippen molar-refractivity contribution in [3.63, 3.8) is 0 Å². The molecule has 0 unspecified atom stereocenters. The van der Waals surface area contributed by atoms with E-state index in [4.69, 9.17) is 22.1 Å². The Balaban J connectivity index is 1.88. The molecule has 5 N–H and O–H groups in total. The molecule has 1 saturated heterocycles. The Bertz CT molecular complexity index is 581. The van der Waals surface area contributed by atoms with Crippen molar-refractivity contribution < 1.29 is 25.2 Å². The van der Waals surface area contributed by atoms with Gasteiger partial charge in [-0.3, -0.25) is 0 Å². The largest absolute Gasteiger partial charge is 0.394 e. The van der Waals surface area contributed by atoms with Crippen molar-refractivity contribution in [2.45, 2.75) is 44.1 Å². The summed E-state index contributed by atoms with van der Waals surface area (Å²) >= 11 is 5.00. The summed E-state index contributed by atoms with van der Waals surface area (Å²) in [5.74, 6) is 0. The van der Waals surface area contributed by atoms with E-state index in [9.17, 15) is 15.3 Å². The third-order valence-corrected chi connectivity index (χ3v) is 3.89. The van der Waals surface area contributed by atoms with Crippen LogP contribution in [0.2, 0.25) is 0 Å². The topological polar surface area (TPSA) is 127 Å². The molecule has 1 fully saturated rings. The molecule has 0 spiro atoms. The number of ether oxygens (including phenoxy) is 1. The molecule has 2 rings (SSSR count). The molecule has 0 saturated carbocycles. The van der Waals surface area contributed by atoms with Crippen molar-refractivity contribution in [1.29, 1.82) is 0 Å². The summed E-state index contributed by atoms with van der Waals surface area (Å²) in [6.45, 7) is 1.83. The van der Waals surface area contributed by atoms with E-state index in [1.807, 2.05) is 31.2 Å². The Hall–Kier alpha value is -1.49. The van der Waals surface area contributed by atoms with Crippen LogP contribution in [0.15, 0.2) is 34.5 Å². The van der Waals surface area contributed by atoms with Gasteiger partial charge < -0.3 is 30.5 Å². The maximum absolute atomic E-state index is 9.89. The molecule has 1 aromatic carbocycles. The van der Waals surface area contributed by atoms with Crippen molar-refractivity contribution in [3.8, 4) is 0 Å². The number of nitrogens with zero attached hydrogens (tertiary/aromatic N) is 2. The molecule has 132 valence electrons. The van der Waals surface area contributed by atoms with E-state index in [-0.39, 0.29) is 5.11 Å². The monoisotopic (exact) mass is 355 g/mol. The molecule has 0 bridgehead atoms. The van der Waals surface area contributed by atoms with Crippen LogP contribution in [0.5, 0.6) is 0 Å². The number of benzene rings is 1. The van der Waals surface area contributed by atoms with Crippen LogP contribution in [-0.4, -0.2) is 62.8 Å². The molecule has 1 aromatic rings. The molecule has 5 atom stereocenters. The van der Waals surface area contributed by atoms with Gasteiger partial charge in [-0.1, -0.05) is 29.8 Å². The van der Waals surface area contributed by atoms with E-state index in [0.717, 1.165) is 11.1 Å². The van der Waals surface area contributed by atoms with Gasteiger partial charge in [-0.25, -0.2) is 0 Å². The average molecular weight is 355 g/mol. The van der Waals surface area contributed by atoms with Gasteiger partial charge in [0.2, 0.25) is 5.11 Å². The van der Waals surface area contributed by atoms with Crippen molar-refractivity contribution in [2.24, 2.45) is 10.2 Å². The smallest absolute Gasteiger partial charge is 0.215 e. The number of azo groups is 1. The SMILES string of the molecule is Cc1ccc(CN=NC(=S)N[C@@H]2O[C@H](CO)[C@@H](O)[C@H](O)[C@H]2O)cc1. The standard InChI is InChI=1S/C15H21N3O5S/c1-8-2-4-9(5-3-8)6-16-18-15(24)17-14-13(22)12(21)11(20)10(7-19)23-14/h2-5,10-14,19-22H,6-7H2,1H3,(H,17,24)/t10-,11-,12+,13-,14-/m1/s1. The van der Waals surface area contributed by atoms with Gasteiger partial charge in [0.1, 0.15) is 24.4 Å². The lowest BCUT2D eigenvalue weighted by atomic mass is 9.98. The number of aliphatic hydroxyl groups is 4. The highest BCUT2D eigenvalue weighted by atomic mass is 32.1. The van der Waals surface area contributed by atoms with Crippen LogP contribution in [0.25, 0.3) is 0 Å². The summed E-state index contributed by atoms with van der Waals surface area (Å²) in [5, 5.41) is 48.7. The quantitative estimate of drug-likeness (QED) is 0.368. The van der Waals surface area contributed by atoms with Gasteiger partial charge in [-0.2, -0.15) is 5.11 Å². The first-order chi connectivity index (χ1) is 11.4. The summed E-state index contributed by atoms with van der Waals surface area (Å²) < 4.78 is 5.27. The third kappa shape index (κ3) is 4.76. The summed E-state index contributed by atoms with van der Waals surface area (Å²) in [7, 11) is 0. The van der Waals surface area contributed by atoms with Crippen LogP contribution in [-0.2, 0) is 11.3 Å². The molecule has 9 heteroatoms. The lowest BCUT2D eigenvalue weighted by Crippen LogP contribution is -2.62. The highest BCUT2D eigenvalue weighted by Crippen LogP contribution is 2.19. The summed E-state index contributed by atoms with van der Waals surface area (Å²) in [6, 6.07) is 7.80. The van der Waals surface area contributed by atoms with Gasteiger partial charge in [-0.05, 0) is 24.7 Å². The fourth-order valence-electron chi connectivity index (χ4n) is 2.25. The zero-order chi connectivity index (χ0) is 17.7. The third-order valence-electron chi connectivity index (χ3n) is 3.69. The minimum Gasteiger partial charge on any atom is -0.394 e. The average Bonchev–Trinajstić information content (AvgIpc) is 2.57. The zero-order valence-electron chi connectivity index (χ0n) is 13.1. The normalized spacial score (nSPS) is 30.5. The predicted molar refractivity (Wildman–Crippen MR) is 89.2 cm³/mol. The Morgan fingerprint density at radius 2 is 1.83 bits per heavy atom. The number of hydrogen-bond acceptors (Lipinski definition) is 7.